The number of aryl methyl sites for hydroxylation is 2. The smallest absolute Gasteiger partial charge is 0.259 e. The first kappa shape index (κ1) is 21.2. The zero-order valence-electron chi connectivity index (χ0n) is 17.8. The first-order valence-corrected chi connectivity index (χ1v) is 12.7. The summed E-state index contributed by atoms with van der Waals surface area (Å²) in [5.41, 5.74) is 3.38. The maximum atomic E-state index is 12.8. The van der Waals surface area contributed by atoms with Gasteiger partial charge in [-0.25, -0.2) is 8.42 Å². The largest absolute Gasteiger partial charge is 0.317 e. The molecule has 8 heteroatoms. The third-order valence-electron chi connectivity index (χ3n) is 5.82. The Labute approximate surface area is 181 Å². The Morgan fingerprint density at radius 1 is 1.17 bits per heavy atom. The van der Waals surface area contributed by atoms with Crippen LogP contribution in [0.3, 0.4) is 0 Å². The molecule has 0 spiro atoms. The molecule has 1 aliphatic heterocycles. The van der Waals surface area contributed by atoms with Crippen molar-refractivity contribution in [1.29, 1.82) is 0 Å². The molecule has 6 nitrogen and oxygen atoms in total. The van der Waals surface area contributed by atoms with Crippen molar-refractivity contribution in [3.05, 3.63) is 57.3 Å². The van der Waals surface area contributed by atoms with Gasteiger partial charge in [0.15, 0.2) is 0 Å². The van der Waals surface area contributed by atoms with E-state index in [0.29, 0.717) is 26.2 Å². The Kier molecular flexibility index (Phi) is 5.61. The molecule has 1 atom stereocenters. The number of fused-ring (bicyclic) bond motifs is 1. The minimum Gasteiger partial charge on any atom is -0.317 e. The summed E-state index contributed by atoms with van der Waals surface area (Å²) in [5, 5.41) is 0.748. The van der Waals surface area contributed by atoms with E-state index >= 15 is 0 Å². The van der Waals surface area contributed by atoms with Crippen LogP contribution < -0.4 is 5.56 Å². The number of sulfonamides is 1. The highest BCUT2D eigenvalue weighted by molar-refractivity contribution is 7.88. The van der Waals surface area contributed by atoms with E-state index in [1.165, 1.54) is 11.8 Å². The number of hydrogen-bond acceptors (Lipinski definition) is 5. The summed E-state index contributed by atoms with van der Waals surface area (Å²) in [5.74, 6) is 0. The van der Waals surface area contributed by atoms with Crippen molar-refractivity contribution < 1.29 is 8.42 Å². The quantitative estimate of drug-likeness (QED) is 0.619. The van der Waals surface area contributed by atoms with Gasteiger partial charge in [-0.05, 0) is 25.5 Å². The first-order valence-electron chi connectivity index (χ1n) is 10.0. The molecule has 1 unspecified atom stereocenters. The standard InChI is InChI=1S/C22H27N3O3S2/c1-15-5-7-17(8-6-15)20-14-23(3)22(26)19-11-18(29-21(19)20)13-24-9-10-25(12-16(24)2)30(4,27)28/h5-8,11,14,16H,9-10,12-13H2,1-4H3. The molecule has 1 aliphatic rings. The SMILES string of the molecule is Cc1ccc(-c2cn(C)c(=O)c3cc(CN4CCN(S(C)(=O)=O)CC4C)sc23)cc1. The van der Waals surface area contributed by atoms with E-state index in [0.717, 1.165) is 26.1 Å². The Morgan fingerprint density at radius 2 is 1.87 bits per heavy atom. The fourth-order valence-electron chi connectivity index (χ4n) is 4.02. The van der Waals surface area contributed by atoms with E-state index in [9.17, 15) is 13.2 Å². The number of thiophene rings is 1. The topological polar surface area (TPSA) is 62.6 Å². The number of aromatic nitrogens is 1. The van der Waals surface area contributed by atoms with Crippen molar-refractivity contribution in [2.75, 3.05) is 25.9 Å². The number of rotatable bonds is 4. The lowest BCUT2D eigenvalue weighted by atomic mass is 10.0. The summed E-state index contributed by atoms with van der Waals surface area (Å²) < 4.78 is 27.9. The third-order valence-corrected chi connectivity index (χ3v) is 8.24. The average Bonchev–Trinajstić information content (AvgIpc) is 3.10. The number of nitrogens with zero attached hydrogens (tertiary/aromatic N) is 3. The van der Waals surface area contributed by atoms with Crippen LogP contribution in [0.4, 0.5) is 0 Å². The van der Waals surface area contributed by atoms with Gasteiger partial charge in [0.1, 0.15) is 0 Å². The predicted molar refractivity (Wildman–Crippen MR) is 124 cm³/mol. The Balaban J connectivity index is 1.67. The summed E-state index contributed by atoms with van der Waals surface area (Å²) in [7, 11) is -1.37. The second-order valence-corrected chi connectivity index (χ2v) is 11.3. The normalized spacial score (nSPS) is 18.9. The molecule has 0 N–H and O–H groups in total. The number of hydrogen-bond donors (Lipinski definition) is 0. The molecule has 4 rings (SSSR count). The van der Waals surface area contributed by atoms with Gasteiger partial charge < -0.3 is 4.57 Å². The lowest BCUT2D eigenvalue weighted by Gasteiger charge is -2.38. The van der Waals surface area contributed by atoms with Crippen LogP contribution in [0.25, 0.3) is 21.2 Å². The zero-order valence-corrected chi connectivity index (χ0v) is 19.4. The molecule has 0 bridgehead atoms. The first-order chi connectivity index (χ1) is 14.1. The van der Waals surface area contributed by atoms with E-state index in [2.05, 4.69) is 43.0 Å². The summed E-state index contributed by atoms with van der Waals surface area (Å²) in [4.78, 5) is 16.2. The summed E-state index contributed by atoms with van der Waals surface area (Å²) in [6.45, 7) is 6.53. The molecular weight excluding hydrogens is 418 g/mol. The Bertz CT molecular complexity index is 1240. The Hall–Kier alpha value is -2.00. The van der Waals surface area contributed by atoms with Crippen molar-refractivity contribution in [2.45, 2.75) is 26.4 Å². The van der Waals surface area contributed by atoms with Crippen LogP contribution >= 0.6 is 11.3 Å². The van der Waals surface area contributed by atoms with Gasteiger partial charge >= 0.3 is 0 Å². The van der Waals surface area contributed by atoms with Gasteiger partial charge in [0.2, 0.25) is 10.0 Å². The molecule has 160 valence electrons. The Morgan fingerprint density at radius 3 is 2.50 bits per heavy atom. The van der Waals surface area contributed by atoms with E-state index in [-0.39, 0.29) is 11.6 Å². The van der Waals surface area contributed by atoms with Gasteiger partial charge in [-0.3, -0.25) is 9.69 Å². The zero-order chi connectivity index (χ0) is 21.6. The molecule has 1 aromatic carbocycles. The fourth-order valence-corrected chi connectivity index (χ4v) is 6.12. The van der Waals surface area contributed by atoms with Gasteiger partial charge in [0.05, 0.1) is 11.6 Å². The molecule has 3 heterocycles. The van der Waals surface area contributed by atoms with Gasteiger partial charge in [0, 0.05) is 60.6 Å². The fraction of sp³-hybridized carbons (Fsp3) is 0.409. The van der Waals surface area contributed by atoms with Crippen LogP contribution in [0, 0.1) is 6.92 Å². The summed E-state index contributed by atoms with van der Waals surface area (Å²) in [6, 6.07) is 10.5. The van der Waals surface area contributed by atoms with Gasteiger partial charge in [0.25, 0.3) is 5.56 Å². The summed E-state index contributed by atoms with van der Waals surface area (Å²) in [6.07, 6.45) is 3.19. The second-order valence-electron chi connectivity index (χ2n) is 8.22. The number of benzene rings is 1. The van der Waals surface area contributed by atoms with Crippen LogP contribution in [-0.2, 0) is 23.6 Å². The molecule has 30 heavy (non-hydrogen) atoms. The highest BCUT2D eigenvalue weighted by Crippen LogP contribution is 2.34. The van der Waals surface area contributed by atoms with Crippen LogP contribution in [0.1, 0.15) is 17.4 Å². The average molecular weight is 446 g/mol. The molecule has 3 aromatic rings. The maximum absolute atomic E-state index is 12.8. The molecule has 0 aliphatic carbocycles. The molecule has 1 saturated heterocycles. The van der Waals surface area contributed by atoms with Crippen LogP contribution in [0.15, 0.2) is 41.3 Å². The highest BCUT2D eigenvalue weighted by Gasteiger charge is 2.29. The van der Waals surface area contributed by atoms with Crippen LogP contribution in [0.2, 0.25) is 0 Å². The van der Waals surface area contributed by atoms with Crippen LogP contribution in [0.5, 0.6) is 0 Å². The van der Waals surface area contributed by atoms with E-state index in [1.807, 2.05) is 12.3 Å². The molecule has 2 aromatic heterocycles. The third kappa shape index (κ3) is 4.09. The highest BCUT2D eigenvalue weighted by atomic mass is 32.2. The van der Waals surface area contributed by atoms with E-state index < -0.39 is 10.0 Å². The molecular formula is C22H27N3O3S2. The van der Waals surface area contributed by atoms with Crippen LogP contribution in [-0.4, -0.2) is 54.1 Å². The van der Waals surface area contributed by atoms with Crippen molar-refractivity contribution >= 4 is 31.4 Å². The maximum Gasteiger partial charge on any atom is 0.259 e. The minimum atomic E-state index is -3.16. The molecule has 1 fully saturated rings. The van der Waals surface area contributed by atoms with Gasteiger partial charge in [-0.1, -0.05) is 29.8 Å². The van der Waals surface area contributed by atoms with Crippen molar-refractivity contribution in [3.8, 4) is 11.1 Å². The van der Waals surface area contributed by atoms with Gasteiger partial charge in [-0.2, -0.15) is 4.31 Å². The lowest BCUT2D eigenvalue weighted by Crippen LogP contribution is -2.52. The summed E-state index contributed by atoms with van der Waals surface area (Å²) >= 11 is 1.66. The minimum absolute atomic E-state index is 0.0123. The van der Waals surface area contributed by atoms with Crippen molar-refractivity contribution in [3.63, 3.8) is 0 Å². The lowest BCUT2D eigenvalue weighted by molar-refractivity contribution is 0.123. The molecule has 0 radical (unpaired) electrons. The van der Waals surface area contributed by atoms with Gasteiger partial charge in [-0.15, -0.1) is 11.3 Å². The second kappa shape index (κ2) is 7.92. The monoisotopic (exact) mass is 445 g/mol. The van der Waals surface area contributed by atoms with E-state index in [4.69, 9.17) is 0 Å². The van der Waals surface area contributed by atoms with E-state index in [1.54, 1.807) is 27.3 Å². The number of pyridine rings is 1. The number of piperazine rings is 1. The van der Waals surface area contributed by atoms with Crippen molar-refractivity contribution in [2.24, 2.45) is 7.05 Å². The predicted octanol–water partition coefficient (Wildman–Crippen LogP) is 3.04. The molecule has 0 amide bonds. The molecule has 0 saturated carbocycles. The van der Waals surface area contributed by atoms with Crippen molar-refractivity contribution in [1.82, 2.24) is 13.8 Å².